The molecular weight excluding hydrogens is 965 g/mol. The Morgan fingerprint density at radius 1 is 0.349 bits per heavy atom. The van der Waals surface area contributed by atoms with Crippen LogP contribution >= 0.6 is 15.9 Å². The number of hydrogen-bond donors (Lipinski definition) is 0. The van der Waals surface area contributed by atoms with Crippen molar-refractivity contribution >= 4 is 54.7 Å². The van der Waals surface area contributed by atoms with Crippen molar-refractivity contribution in [2.45, 2.75) is 6.54 Å². The summed E-state index contributed by atoms with van der Waals surface area (Å²) in [6.07, 6.45) is -2.90. The van der Waals surface area contributed by atoms with Crippen molar-refractivity contribution in [3.63, 3.8) is 0 Å². The first-order valence-electron chi connectivity index (χ1n) is 16.9. The van der Waals surface area contributed by atoms with E-state index in [1.807, 2.05) is 6.07 Å². The fourth-order valence-corrected chi connectivity index (χ4v) is 7.35. The minimum absolute atomic E-state index is 0.906. The second kappa shape index (κ2) is 17.2. The first kappa shape index (κ1) is 46.4. The molecule has 0 saturated heterocycles. The summed E-state index contributed by atoms with van der Waals surface area (Å²) in [6.45, 7) is 0.906. The standard InChI is InChI=1S/C24BF20.C16H13BrN/c26-5-1(6(27)14(35)21(42)13(5)34)25(2-7(28)15(36)22(43)16(37)8(2)29,3-9(30)17(38)23(44)18(39)10(3)31)4-11(32)19(40)24(45)20(41)12(4)33;17-16-7-6-14-8-9-18(12-15(14)10-16)11-13-4-2-1-3-5-13/h;1-10,12H,11H2/q-1;+1. The number of aromatic nitrogens is 1. The number of halogens is 21. The Balaban J connectivity index is 0.000000302. The van der Waals surface area contributed by atoms with Crippen LogP contribution in [0, 0.1) is 116 Å². The fourth-order valence-electron chi connectivity index (χ4n) is 6.97. The molecule has 1 nitrogen and oxygen atoms in total. The lowest BCUT2D eigenvalue weighted by molar-refractivity contribution is -0.687. The van der Waals surface area contributed by atoms with Gasteiger partial charge in [-0.25, -0.2) is 92.4 Å². The van der Waals surface area contributed by atoms with Crippen LogP contribution < -0.4 is 26.4 Å². The summed E-state index contributed by atoms with van der Waals surface area (Å²) in [7, 11) is 0. The van der Waals surface area contributed by atoms with Gasteiger partial charge in [-0.1, -0.05) is 52.3 Å². The fraction of sp³-hybridized carbons (Fsp3) is 0.0250. The molecule has 0 atom stereocenters. The van der Waals surface area contributed by atoms with Crippen LogP contribution in [0.1, 0.15) is 5.56 Å². The van der Waals surface area contributed by atoms with Crippen molar-refractivity contribution in [1.29, 1.82) is 0 Å². The van der Waals surface area contributed by atoms with Crippen molar-refractivity contribution in [3.8, 4) is 0 Å². The van der Waals surface area contributed by atoms with E-state index in [0.717, 1.165) is 11.0 Å². The zero-order valence-corrected chi connectivity index (χ0v) is 31.6. The van der Waals surface area contributed by atoms with Crippen LogP contribution in [0.4, 0.5) is 87.8 Å². The largest absolute Gasteiger partial charge is 0.207 e. The Morgan fingerprint density at radius 2 is 0.651 bits per heavy atom. The zero-order valence-electron chi connectivity index (χ0n) is 30.0. The van der Waals surface area contributed by atoms with Crippen LogP contribution in [0.2, 0.25) is 0 Å². The van der Waals surface area contributed by atoms with Gasteiger partial charge in [-0.3, -0.25) is 0 Å². The predicted octanol–water partition coefficient (Wildman–Crippen LogP) is 9.78. The first-order chi connectivity index (χ1) is 29.5. The molecule has 328 valence electrons. The number of nitrogens with zero attached hydrogens (tertiary/aromatic N) is 1. The molecule has 23 heteroatoms. The third kappa shape index (κ3) is 7.42. The molecule has 7 aromatic rings. The summed E-state index contributed by atoms with van der Waals surface area (Å²) in [5.74, 6) is -71.4. The van der Waals surface area contributed by atoms with Crippen LogP contribution in [0.25, 0.3) is 10.8 Å². The number of pyridine rings is 1. The normalized spacial score (nSPS) is 11.6. The minimum atomic E-state index is -7.22. The highest BCUT2D eigenvalue weighted by atomic mass is 79.9. The highest BCUT2D eigenvalue weighted by Crippen LogP contribution is 2.31. The van der Waals surface area contributed by atoms with E-state index in [0.29, 0.717) is 0 Å². The van der Waals surface area contributed by atoms with E-state index < -0.39 is 144 Å². The van der Waals surface area contributed by atoms with Gasteiger partial charge in [0, 0.05) is 21.5 Å². The number of fused-ring (bicyclic) bond motifs is 1. The lowest BCUT2D eigenvalue weighted by Crippen LogP contribution is -2.81. The van der Waals surface area contributed by atoms with Gasteiger partial charge in [0.2, 0.25) is 0 Å². The Morgan fingerprint density at radius 3 is 0.968 bits per heavy atom. The molecule has 1 aromatic heterocycles. The van der Waals surface area contributed by atoms with Gasteiger partial charge < -0.3 is 0 Å². The van der Waals surface area contributed by atoms with E-state index >= 15 is 35.1 Å². The van der Waals surface area contributed by atoms with E-state index in [2.05, 4.69) is 81.4 Å². The molecule has 0 aliphatic heterocycles. The second-order valence-electron chi connectivity index (χ2n) is 13.2. The van der Waals surface area contributed by atoms with E-state index in [1.54, 1.807) is 0 Å². The monoisotopic (exact) mass is 977 g/mol. The third-order valence-corrected chi connectivity index (χ3v) is 10.2. The van der Waals surface area contributed by atoms with Gasteiger partial charge in [-0.05, 0) is 17.5 Å². The molecule has 1 heterocycles. The van der Waals surface area contributed by atoms with Crippen LogP contribution in [0.3, 0.4) is 0 Å². The predicted molar refractivity (Wildman–Crippen MR) is 187 cm³/mol. The van der Waals surface area contributed by atoms with Crippen LogP contribution in [0.5, 0.6) is 0 Å². The maximum Gasteiger partial charge on any atom is 0.200 e. The maximum atomic E-state index is 15.4. The van der Waals surface area contributed by atoms with E-state index in [-0.39, 0.29) is 0 Å². The molecule has 0 saturated carbocycles. The van der Waals surface area contributed by atoms with Gasteiger partial charge in [0.15, 0.2) is 88.7 Å². The summed E-state index contributed by atoms with van der Waals surface area (Å²) in [6, 6.07) is 19.0. The van der Waals surface area contributed by atoms with Crippen molar-refractivity contribution in [2.24, 2.45) is 0 Å². The Bertz CT molecular complexity index is 2620. The highest BCUT2D eigenvalue weighted by molar-refractivity contribution is 9.10. The number of rotatable bonds is 6. The molecule has 0 radical (unpaired) electrons. The van der Waals surface area contributed by atoms with Crippen LogP contribution in [-0.2, 0) is 6.54 Å². The van der Waals surface area contributed by atoms with Crippen molar-refractivity contribution in [2.75, 3.05) is 0 Å². The quantitative estimate of drug-likeness (QED) is 0.0514. The second-order valence-corrected chi connectivity index (χ2v) is 14.1. The Labute approximate surface area is 346 Å². The van der Waals surface area contributed by atoms with Gasteiger partial charge in [-0.2, -0.15) is 0 Å². The van der Waals surface area contributed by atoms with Gasteiger partial charge in [-0.15, -0.1) is 21.9 Å². The topological polar surface area (TPSA) is 3.88 Å². The minimum Gasteiger partial charge on any atom is -0.207 e. The number of benzene rings is 6. The molecule has 0 unspecified atom stereocenters. The molecule has 0 spiro atoms. The molecule has 0 amide bonds. The van der Waals surface area contributed by atoms with E-state index in [4.69, 9.17) is 0 Å². The van der Waals surface area contributed by atoms with Gasteiger partial charge >= 0.3 is 0 Å². The smallest absolute Gasteiger partial charge is 0.200 e. The zero-order chi connectivity index (χ0) is 46.7. The van der Waals surface area contributed by atoms with Crippen molar-refractivity contribution in [1.82, 2.24) is 0 Å². The molecule has 0 N–H and O–H groups in total. The van der Waals surface area contributed by atoms with Gasteiger partial charge in [0.25, 0.3) is 0 Å². The van der Waals surface area contributed by atoms with E-state index in [9.17, 15) is 52.7 Å². The first-order valence-corrected chi connectivity index (χ1v) is 17.7. The summed E-state index contributed by atoms with van der Waals surface area (Å²) >= 11 is 3.51. The third-order valence-electron chi connectivity index (χ3n) is 9.71. The summed E-state index contributed by atoms with van der Waals surface area (Å²) in [4.78, 5) is 0. The van der Waals surface area contributed by atoms with Crippen LogP contribution in [0.15, 0.2) is 71.5 Å². The Kier molecular flexibility index (Phi) is 12.7. The van der Waals surface area contributed by atoms with Gasteiger partial charge in [0.1, 0.15) is 52.7 Å². The summed E-state index contributed by atoms with van der Waals surface area (Å²) in [5, 5.41) is 2.52. The van der Waals surface area contributed by atoms with Crippen molar-refractivity contribution < 1.29 is 92.4 Å². The molecule has 6 aromatic carbocycles. The molecule has 7 rings (SSSR count). The lowest BCUT2D eigenvalue weighted by Gasteiger charge is -2.44. The van der Waals surface area contributed by atoms with E-state index in [1.165, 1.54) is 16.3 Å². The molecular formula is C40H13BBrF20N. The molecule has 0 bridgehead atoms. The molecule has 63 heavy (non-hydrogen) atoms. The van der Waals surface area contributed by atoms with Gasteiger partial charge in [0.05, 0.1) is 0 Å². The summed E-state index contributed by atoms with van der Waals surface area (Å²) < 4.78 is 297. The average Bonchev–Trinajstić information content (AvgIpc) is 3.26. The highest BCUT2D eigenvalue weighted by Gasteiger charge is 2.52. The maximum absolute atomic E-state index is 15.4. The van der Waals surface area contributed by atoms with Crippen LogP contribution in [-0.4, -0.2) is 6.15 Å². The number of hydrogen-bond acceptors (Lipinski definition) is 0. The average molecular weight is 978 g/mol. The Hall–Kier alpha value is -6.13. The molecule has 0 aliphatic rings. The summed E-state index contributed by atoms with van der Waals surface area (Å²) in [5.41, 5.74) is -13.0. The van der Waals surface area contributed by atoms with Crippen molar-refractivity contribution in [3.05, 3.63) is 193 Å². The molecule has 0 fully saturated rings. The lowest BCUT2D eigenvalue weighted by atomic mass is 9.12. The SMILES string of the molecule is Brc1ccc2cc[n+](Cc3ccccc3)cc2c1.Fc1c(F)c(F)c([B-](c2c(F)c(F)c(F)c(F)c2F)(c2c(F)c(F)c(F)c(F)c2F)c2c(F)c(F)c(F)c(F)c2F)c(F)c1F. The molecule has 0 aliphatic carbocycles.